The largest absolute Gasteiger partial charge is 0.481 e. The first-order valence-corrected chi connectivity index (χ1v) is 8.33. The highest BCUT2D eigenvalue weighted by atomic mass is 19.1. The number of halogens is 1. The Morgan fingerprint density at radius 1 is 1.32 bits per heavy atom. The zero-order valence-corrected chi connectivity index (χ0v) is 14.1. The molecule has 0 saturated carbocycles. The number of rotatable bonds is 5. The van der Waals surface area contributed by atoms with Crippen LogP contribution in [0.4, 0.5) is 16.2 Å². The fourth-order valence-corrected chi connectivity index (χ4v) is 2.96. The van der Waals surface area contributed by atoms with Crippen molar-refractivity contribution in [1.82, 2.24) is 9.97 Å². The molecule has 7 heteroatoms. The molecule has 0 bridgehead atoms. The Bertz CT molecular complexity index is 760. The van der Waals surface area contributed by atoms with E-state index in [1.54, 1.807) is 18.2 Å². The second-order valence-corrected chi connectivity index (χ2v) is 6.24. The summed E-state index contributed by atoms with van der Waals surface area (Å²) < 4.78 is 13.7. The molecular formula is C18H21FN4O2. The molecule has 2 N–H and O–H groups in total. The Labute approximate surface area is 145 Å². The van der Waals surface area contributed by atoms with Gasteiger partial charge in [0.2, 0.25) is 5.95 Å². The van der Waals surface area contributed by atoms with Gasteiger partial charge in [0.1, 0.15) is 11.6 Å². The lowest BCUT2D eigenvalue weighted by Gasteiger charge is -2.31. The minimum Gasteiger partial charge on any atom is -0.481 e. The molecule has 0 aliphatic carbocycles. The van der Waals surface area contributed by atoms with Gasteiger partial charge in [-0.1, -0.05) is 18.2 Å². The number of carboxylic acids is 1. The van der Waals surface area contributed by atoms with Crippen LogP contribution in [0, 0.1) is 18.7 Å². The van der Waals surface area contributed by atoms with E-state index in [0.717, 1.165) is 11.5 Å². The summed E-state index contributed by atoms with van der Waals surface area (Å²) in [4.78, 5) is 22.0. The molecule has 1 aliphatic heterocycles. The summed E-state index contributed by atoms with van der Waals surface area (Å²) in [7, 11) is 0. The van der Waals surface area contributed by atoms with E-state index in [9.17, 15) is 9.18 Å². The molecule has 1 aromatic heterocycles. The van der Waals surface area contributed by atoms with Gasteiger partial charge in [0.25, 0.3) is 0 Å². The lowest BCUT2D eigenvalue weighted by atomic mass is 9.97. The van der Waals surface area contributed by atoms with E-state index >= 15 is 0 Å². The Kier molecular flexibility index (Phi) is 5.11. The molecule has 1 aromatic carbocycles. The zero-order chi connectivity index (χ0) is 17.8. The fraction of sp³-hybridized carbons (Fsp3) is 0.389. The van der Waals surface area contributed by atoms with Crippen molar-refractivity contribution in [1.29, 1.82) is 0 Å². The molecule has 1 saturated heterocycles. The number of nitrogens with one attached hydrogen (secondary N) is 1. The van der Waals surface area contributed by atoms with E-state index in [2.05, 4.69) is 20.2 Å². The highest BCUT2D eigenvalue weighted by Crippen LogP contribution is 2.23. The molecule has 132 valence electrons. The van der Waals surface area contributed by atoms with E-state index in [1.165, 1.54) is 6.07 Å². The van der Waals surface area contributed by atoms with Crippen LogP contribution in [0.25, 0.3) is 0 Å². The highest BCUT2D eigenvalue weighted by Gasteiger charge is 2.25. The number of aryl methyl sites for hydroxylation is 1. The highest BCUT2D eigenvalue weighted by molar-refractivity contribution is 5.70. The van der Waals surface area contributed by atoms with Crippen LogP contribution in [0.3, 0.4) is 0 Å². The van der Waals surface area contributed by atoms with Crippen LogP contribution in [-0.4, -0.2) is 34.1 Å². The smallest absolute Gasteiger partial charge is 0.306 e. The lowest BCUT2D eigenvalue weighted by Crippen LogP contribution is -2.37. The third-order valence-electron chi connectivity index (χ3n) is 4.40. The van der Waals surface area contributed by atoms with Crippen LogP contribution in [0.5, 0.6) is 0 Å². The predicted molar refractivity (Wildman–Crippen MR) is 93.1 cm³/mol. The number of benzene rings is 1. The van der Waals surface area contributed by atoms with Crippen molar-refractivity contribution in [2.24, 2.45) is 5.92 Å². The van der Waals surface area contributed by atoms with Gasteiger partial charge >= 0.3 is 5.97 Å². The third-order valence-corrected chi connectivity index (χ3v) is 4.40. The van der Waals surface area contributed by atoms with Crippen LogP contribution >= 0.6 is 0 Å². The Hall–Kier alpha value is -2.70. The Morgan fingerprint density at radius 2 is 2.04 bits per heavy atom. The summed E-state index contributed by atoms with van der Waals surface area (Å²) in [6.07, 6.45) is 1.22. The Morgan fingerprint density at radius 3 is 2.72 bits per heavy atom. The maximum absolute atomic E-state index is 13.7. The summed E-state index contributed by atoms with van der Waals surface area (Å²) in [6.45, 7) is 3.49. The number of carboxylic acid groups (broad SMARTS) is 1. The number of hydrogen-bond donors (Lipinski definition) is 2. The van der Waals surface area contributed by atoms with Crippen molar-refractivity contribution in [3.63, 3.8) is 0 Å². The first-order chi connectivity index (χ1) is 12.0. The molecule has 6 nitrogen and oxygen atoms in total. The van der Waals surface area contributed by atoms with Crippen molar-refractivity contribution in [3.8, 4) is 0 Å². The van der Waals surface area contributed by atoms with Crippen LogP contribution in [0.15, 0.2) is 30.3 Å². The van der Waals surface area contributed by atoms with Crippen molar-refractivity contribution in [3.05, 3.63) is 47.4 Å². The third kappa shape index (κ3) is 4.23. The standard InChI is InChI=1S/C18H21FN4O2/c1-12-10-16(23-8-6-13(7-9-23)17(24)25)22-18(21-12)20-11-14-4-2-3-5-15(14)19/h2-5,10,13H,6-9,11H2,1H3,(H,24,25)(H,20,21,22). The molecule has 3 rings (SSSR count). The summed E-state index contributed by atoms with van der Waals surface area (Å²) in [6, 6.07) is 8.47. The molecular weight excluding hydrogens is 323 g/mol. The quantitative estimate of drug-likeness (QED) is 0.868. The first-order valence-electron chi connectivity index (χ1n) is 8.33. The number of aromatic nitrogens is 2. The predicted octanol–water partition coefficient (Wildman–Crippen LogP) is 2.84. The molecule has 1 fully saturated rings. The molecule has 0 atom stereocenters. The zero-order valence-electron chi connectivity index (χ0n) is 14.1. The van der Waals surface area contributed by atoms with Crippen molar-refractivity contribution >= 4 is 17.7 Å². The second kappa shape index (κ2) is 7.46. The molecule has 0 radical (unpaired) electrons. The van der Waals surface area contributed by atoms with Gasteiger partial charge in [-0.25, -0.2) is 9.37 Å². The number of piperidine rings is 1. The average Bonchev–Trinajstić information content (AvgIpc) is 2.60. The molecule has 0 spiro atoms. The second-order valence-electron chi connectivity index (χ2n) is 6.24. The number of nitrogens with zero attached hydrogens (tertiary/aromatic N) is 3. The molecule has 0 amide bonds. The van der Waals surface area contributed by atoms with E-state index in [4.69, 9.17) is 5.11 Å². The van der Waals surface area contributed by atoms with E-state index in [0.29, 0.717) is 44.0 Å². The summed E-state index contributed by atoms with van der Waals surface area (Å²) in [5.41, 5.74) is 1.36. The first kappa shape index (κ1) is 17.1. The van der Waals surface area contributed by atoms with Gasteiger partial charge < -0.3 is 15.3 Å². The molecule has 2 heterocycles. The maximum Gasteiger partial charge on any atom is 0.306 e. The topological polar surface area (TPSA) is 78.4 Å². The average molecular weight is 344 g/mol. The summed E-state index contributed by atoms with van der Waals surface area (Å²) in [5, 5.41) is 12.2. The SMILES string of the molecule is Cc1cc(N2CCC(C(=O)O)CC2)nc(NCc2ccccc2F)n1. The molecule has 25 heavy (non-hydrogen) atoms. The minimum absolute atomic E-state index is 0.265. The van der Waals surface area contributed by atoms with Gasteiger partial charge in [0.15, 0.2) is 0 Å². The monoisotopic (exact) mass is 344 g/mol. The van der Waals surface area contributed by atoms with Gasteiger partial charge in [0.05, 0.1) is 5.92 Å². The Balaban J connectivity index is 1.69. The van der Waals surface area contributed by atoms with Crippen LogP contribution in [0.2, 0.25) is 0 Å². The molecule has 2 aromatic rings. The van der Waals surface area contributed by atoms with Crippen molar-refractivity contribution in [2.75, 3.05) is 23.3 Å². The van der Waals surface area contributed by atoms with E-state index in [1.807, 2.05) is 13.0 Å². The number of aliphatic carboxylic acids is 1. The number of hydrogen-bond acceptors (Lipinski definition) is 5. The van der Waals surface area contributed by atoms with Gasteiger partial charge in [0, 0.05) is 37.0 Å². The normalized spacial score (nSPS) is 15.2. The van der Waals surface area contributed by atoms with E-state index < -0.39 is 5.97 Å². The van der Waals surface area contributed by atoms with Gasteiger partial charge in [-0.05, 0) is 25.8 Å². The minimum atomic E-state index is -0.731. The van der Waals surface area contributed by atoms with Crippen LogP contribution in [-0.2, 0) is 11.3 Å². The lowest BCUT2D eigenvalue weighted by molar-refractivity contribution is -0.142. The van der Waals surface area contributed by atoms with Crippen molar-refractivity contribution in [2.45, 2.75) is 26.3 Å². The van der Waals surface area contributed by atoms with Crippen LogP contribution < -0.4 is 10.2 Å². The maximum atomic E-state index is 13.7. The van der Waals surface area contributed by atoms with Gasteiger partial charge in [-0.15, -0.1) is 0 Å². The number of anilines is 2. The molecule has 0 unspecified atom stereocenters. The van der Waals surface area contributed by atoms with E-state index in [-0.39, 0.29) is 11.7 Å². The molecule has 1 aliphatic rings. The fourth-order valence-electron chi connectivity index (χ4n) is 2.96. The van der Waals surface area contributed by atoms with Gasteiger partial charge in [-0.2, -0.15) is 4.98 Å². The van der Waals surface area contributed by atoms with Crippen LogP contribution in [0.1, 0.15) is 24.1 Å². The van der Waals surface area contributed by atoms with Gasteiger partial charge in [-0.3, -0.25) is 4.79 Å². The van der Waals surface area contributed by atoms with Crippen molar-refractivity contribution < 1.29 is 14.3 Å². The summed E-state index contributed by atoms with van der Waals surface area (Å²) in [5.74, 6) is -0.0619. The number of carbonyl (C=O) groups is 1. The summed E-state index contributed by atoms with van der Waals surface area (Å²) >= 11 is 0.